The highest BCUT2D eigenvalue weighted by atomic mass is 32.1. The normalized spacial score (nSPS) is 20.4. The quantitative estimate of drug-likeness (QED) is 0.581. The van der Waals surface area contributed by atoms with Crippen LogP contribution in [-0.2, 0) is 16.0 Å². The first kappa shape index (κ1) is 16.2. The van der Waals surface area contributed by atoms with E-state index in [-0.39, 0.29) is 0 Å². The van der Waals surface area contributed by atoms with E-state index in [1.165, 1.54) is 11.3 Å². The third-order valence-electron chi connectivity index (χ3n) is 3.65. The fourth-order valence-corrected chi connectivity index (χ4v) is 3.16. The highest BCUT2D eigenvalue weighted by Gasteiger charge is 2.34. The van der Waals surface area contributed by atoms with E-state index in [1.54, 1.807) is 23.6 Å². The standard InChI is InChI=1S/C15H18N2O4S/c1-2-10-7-9(8-22-10)13(18)16-17-14(19)11-5-3-4-6-12(11)15(20)21/h3-4,7-8,11-12H,2,5-6H2,1H3,(H,16,18)(H,17,19)(H,20,21)/t11-,12+/m1/s1. The van der Waals surface area contributed by atoms with Crippen LogP contribution in [0.25, 0.3) is 0 Å². The molecule has 2 amide bonds. The molecule has 0 aliphatic heterocycles. The van der Waals surface area contributed by atoms with Gasteiger partial charge in [0.25, 0.3) is 5.91 Å². The van der Waals surface area contributed by atoms with Crippen molar-refractivity contribution >= 4 is 29.1 Å². The second-order valence-electron chi connectivity index (χ2n) is 5.09. The van der Waals surface area contributed by atoms with E-state index in [9.17, 15) is 14.4 Å². The summed E-state index contributed by atoms with van der Waals surface area (Å²) in [5.74, 6) is -3.30. The molecule has 118 valence electrons. The predicted molar refractivity (Wildman–Crippen MR) is 82.3 cm³/mol. The van der Waals surface area contributed by atoms with Gasteiger partial charge in [0.15, 0.2) is 0 Å². The van der Waals surface area contributed by atoms with Crippen LogP contribution in [0.4, 0.5) is 0 Å². The van der Waals surface area contributed by atoms with Crippen LogP contribution >= 0.6 is 11.3 Å². The smallest absolute Gasteiger partial charge is 0.307 e. The van der Waals surface area contributed by atoms with Crippen LogP contribution in [0.15, 0.2) is 23.6 Å². The third kappa shape index (κ3) is 3.73. The monoisotopic (exact) mass is 322 g/mol. The van der Waals surface area contributed by atoms with Gasteiger partial charge in [0, 0.05) is 10.3 Å². The number of hydrogen-bond acceptors (Lipinski definition) is 4. The maximum atomic E-state index is 12.1. The Bertz CT molecular complexity index is 608. The number of carboxylic acids is 1. The highest BCUT2D eigenvalue weighted by molar-refractivity contribution is 7.10. The minimum atomic E-state index is -0.999. The molecule has 1 aromatic heterocycles. The Morgan fingerprint density at radius 2 is 1.91 bits per heavy atom. The Labute approximate surface area is 132 Å². The number of rotatable bonds is 4. The highest BCUT2D eigenvalue weighted by Crippen LogP contribution is 2.25. The molecule has 0 spiro atoms. The molecule has 2 atom stereocenters. The van der Waals surface area contributed by atoms with Crippen molar-refractivity contribution < 1.29 is 19.5 Å². The van der Waals surface area contributed by atoms with Crippen LogP contribution in [0, 0.1) is 11.8 Å². The van der Waals surface area contributed by atoms with Gasteiger partial charge in [-0.2, -0.15) is 0 Å². The second-order valence-corrected chi connectivity index (χ2v) is 6.09. The van der Waals surface area contributed by atoms with Crippen molar-refractivity contribution in [1.29, 1.82) is 0 Å². The van der Waals surface area contributed by atoms with Crippen LogP contribution < -0.4 is 10.9 Å². The van der Waals surface area contributed by atoms with Crippen molar-refractivity contribution in [2.24, 2.45) is 11.8 Å². The van der Waals surface area contributed by atoms with Gasteiger partial charge in [-0.05, 0) is 25.3 Å². The van der Waals surface area contributed by atoms with Gasteiger partial charge in [-0.3, -0.25) is 25.2 Å². The maximum absolute atomic E-state index is 12.1. The molecular formula is C15H18N2O4S. The molecule has 0 saturated carbocycles. The molecule has 0 radical (unpaired) electrons. The number of carbonyl (C=O) groups excluding carboxylic acids is 2. The van der Waals surface area contributed by atoms with Gasteiger partial charge in [0.2, 0.25) is 5.91 Å². The Balaban J connectivity index is 1.92. The summed E-state index contributed by atoms with van der Waals surface area (Å²) < 4.78 is 0. The zero-order valence-corrected chi connectivity index (χ0v) is 13.0. The van der Waals surface area contributed by atoms with E-state index in [1.807, 2.05) is 6.92 Å². The van der Waals surface area contributed by atoms with Crippen molar-refractivity contribution in [3.8, 4) is 0 Å². The number of aryl methyl sites for hydroxylation is 1. The lowest BCUT2D eigenvalue weighted by Crippen LogP contribution is -2.47. The summed E-state index contributed by atoms with van der Waals surface area (Å²) in [6, 6.07) is 1.77. The molecule has 1 aromatic rings. The van der Waals surface area contributed by atoms with Crippen LogP contribution in [0.3, 0.4) is 0 Å². The van der Waals surface area contributed by atoms with E-state index in [0.717, 1.165) is 11.3 Å². The number of amides is 2. The van der Waals surface area contributed by atoms with Gasteiger partial charge >= 0.3 is 5.97 Å². The van der Waals surface area contributed by atoms with Gasteiger partial charge in [0.05, 0.1) is 17.4 Å². The number of thiophene rings is 1. The molecule has 7 heteroatoms. The van der Waals surface area contributed by atoms with Gasteiger partial charge in [-0.15, -0.1) is 11.3 Å². The first-order chi connectivity index (χ1) is 10.5. The average Bonchev–Trinajstić information content (AvgIpc) is 3.01. The molecule has 1 aliphatic rings. The topological polar surface area (TPSA) is 95.5 Å². The lowest BCUT2D eigenvalue weighted by atomic mass is 9.82. The number of aliphatic carboxylic acids is 1. The first-order valence-corrected chi connectivity index (χ1v) is 7.96. The van der Waals surface area contributed by atoms with E-state index >= 15 is 0 Å². The van der Waals surface area contributed by atoms with Gasteiger partial charge < -0.3 is 5.11 Å². The molecule has 1 heterocycles. The van der Waals surface area contributed by atoms with Crippen molar-refractivity contribution in [2.75, 3.05) is 0 Å². The molecule has 0 aromatic carbocycles. The molecule has 6 nitrogen and oxygen atoms in total. The second kappa shape index (κ2) is 7.22. The Morgan fingerprint density at radius 3 is 2.50 bits per heavy atom. The minimum Gasteiger partial charge on any atom is -0.481 e. The number of carbonyl (C=O) groups is 3. The lowest BCUT2D eigenvalue weighted by molar-refractivity contribution is -0.147. The van der Waals surface area contributed by atoms with Crippen molar-refractivity contribution in [1.82, 2.24) is 10.9 Å². The van der Waals surface area contributed by atoms with Crippen molar-refractivity contribution in [2.45, 2.75) is 26.2 Å². The SMILES string of the molecule is CCc1cc(C(=O)NNC(=O)[C@@H]2CC=CC[C@@H]2C(=O)O)cs1. The fraction of sp³-hybridized carbons (Fsp3) is 0.400. The third-order valence-corrected chi connectivity index (χ3v) is 4.73. The van der Waals surface area contributed by atoms with Crippen LogP contribution in [0.5, 0.6) is 0 Å². The zero-order chi connectivity index (χ0) is 16.1. The minimum absolute atomic E-state index is 0.325. The number of carboxylic acid groups (broad SMARTS) is 1. The van der Waals surface area contributed by atoms with Gasteiger partial charge in [0.1, 0.15) is 0 Å². The van der Waals surface area contributed by atoms with E-state index in [4.69, 9.17) is 5.11 Å². The molecule has 2 rings (SSSR count). The Kier molecular flexibility index (Phi) is 5.32. The zero-order valence-electron chi connectivity index (χ0n) is 12.2. The van der Waals surface area contributed by atoms with E-state index in [2.05, 4.69) is 10.9 Å². The van der Waals surface area contributed by atoms with Gasteiger partial charge in [-0.25, -0.2) is 0 Å². The molecular weight excluding hydrogens is 304 g/mol. The van der Waals surface area contributed by atoms with E-state index < -0.39 is 29.6 Å². The summed E-state index contributed by atoms with van der Waals surface area (Å²) in [4.78, 5) is 36.3. The molecule has 1 aliphatic carbocycles. The summed E-state index contributed by atoms with van der Waals surface area (Å²) in [6.07, 6.45) is 5.08. The average molecular weight is 322 g/mol. The molecule has 0 fully saturated rings. The van der Waals surface area contributed by atoms with Crippen LogP contribution in [-0.4, -0.2) is 22.9 Å². The number of allylic oxidation sites excluding steroid dienone is 2. The Morgan fingerprint density at radius 1 is 1.23 bits per heavy atom. The molecule has 0 unspecified atom stereocenters. The van der Waals surface area contributed by atoms with Crippen LogP contribution in [0.2, 0.25) is 0 Å². The molecule has 0 bridgehead atoms. The molecule has 3 N–H and O–H groups in total. The number of hydrogen-bond donors (Lipinski definition) is 3. The Hall–Kier alpha value is -2.15. The van der Waals surface area contributed by atoms with Crippen LogP contribution in [0.1, 0.15) is 35.0 Å². The maximum Gasteiger partial charge on any atom is 0.307 e. The van der Waals surface area contributed by atoms with E-state index in [0.29, 0.717) is 18.4 Å². The largest absolute Gasteiger partial charge is 0.481 e. The lowest BCUT2D eigenvalue weighted by Gasteiger charge is -2.24. The summed E-state index contributed by atoms with van der Waals surface area (Å²) in [6.45, 7) is 2.00. The number of nitrogens with one attached hydrogen (secondary N) is 2. The first-order valence-electron chi connectivity index (χ1n) is 7.08. The summed E-state index contributed by atoms with van der Waals surface area (Å²) >= 11 is 1.48. The summed E-state index contributed by atoms with van der Waals surface area (Å²) in [5.41, 5.74) is 5.16. The van der Waals surface area contributed by atoms with Gasteiger partial charge in [-0.1, -0.05) is 19.1 Å². The van der Waals surface area contributed by atoms with Crippen molar-refractivity contribution in [3.05, 3.63) is 34.0 Å². The molecule has 0 saturated heterocycles. The summed E-state index contributed by atoms with van der Waals surface area (Å²) in [7, 11) is 0. The van der Waals surface area contributed by atoms with Crippen molar-refractivity contribution in [3.63, 3.8) is 0 Å². The predicted octanol–water partition coefficient (Wildman–Crippen LogP) is 1.74. The summed E-state index contributed by atoms with van der Waals surface area (Å²) in [5, 5.41) is 10.9. The number of hydrazine groups is 1. The molecule has 22 heavy (non-hydrogen) atoms. The fourth-order valence-electron chi connectivity index (χ4n) is 2.35.